The molecule has 0 saturated carbocycles. The van der Waals surface area contributed by atoms with Gasteiger partial charge in [0.05, 0.1) is 11.8 Å². The van der Waals surface area contributed by atoms with Gasteiger partial charge in [0.25, 0.3) is 0 Å². The number of aromatic nitrogens is 2. The number of halogens is 3. The second kappa shape index (κ2) is 8.16. The molecule has 3 heterocycles. The van der Waals surface area contributed by atoms with E-state index in [4.69, 9.17) is 5.73 Å². The van der Waals surface area contributed by atoms with Gasteiger partial charge in [-0.05, 0) is 36.6 Å². The van der Waals surface area contributed by atoms with Crippen molar-refractivity contribution in [2.45, 2.75) is 38.0 Å². The molecule has 0 radical (unpaired) electrons. The molecule has 4 rings (SSSR count). The molecule has 1 fully saturated rings. The minimum absolute atomic E-state index is 0.233. The smallest absolute Gasteiger partial charge is 0.393 e. The molecule has 0 bridgehead atoms. The molecule has 2 aromatic heterocycles. The first kappa shape index (κ1) is 19.9. The molecule has 1 saturated heterocycles. The Bertz CT molecular complexity index is 980. The Labute approximate surface area is 170 Å². The molecular weight excluding hydrogens is 399 g/mol. The van der Waals surface area contributed by atoms with Crippen LogP contribution in [-0.2, 0) is 13.0 Å². The van der Waals surface area contributed by atoms with Gasteiger partial charge in [0.1, 0.15) is 17.0 Å². The van der Waals surface area contributed by atoms with Gasteiger partial charge in [-0.15, -0.1) is 11.3 Å². The number of nitrogens with two attached hydrogens (primary N) is 1. The van der Waals surface area contributed by atoms with Gasteiger partial charge in [0, 0.05) is 36.2 Å². The van der Waals surface area contributed by atoms with Crippen LogP contribution >= 0.6 is 11.3 Å². The van der Waals surface area contributed by atoms with Crippen molar-refractivity contribution in [3.63, 3.8) is 0 Å². The molecular formula is C20H22F3N5S. The third kappa shape index (κ3) is 5.16. The van der Waals surface area contributed by atoms with Gasteiger partial charge in [-0.1, -0.05) is 12.1 Å². The van der Waals surface area contributed by atoms with Crippen LogP contribution in [0, 0.1) is 0 Å². The molecule has 0 unspecified atom stereocenters. The summed E-state index contributed by atoms with van der Waals surface area (Å²) in [7, 11) is 0. The number of hydrogen-bond acceptors (Lipinski definition) is 6. The fourth-order valence-corrected chi connectivity index (χ4v) is 4.71. The van der Waals surface area contributed by atoms with E-state index in [1.807, 2.05) is 18.2 Å². The predicted molar refractivity (Wildman–Crippen MR) is 110 cm³/mol. The zero-order valence-electron chi connectivity index (χ0n) is 15.7. The third-order valence-corrected chi connectivity index (χ3v) is 6.08. The van der Waals surface area contributed by atoms with Crippen molar-refractivity contribution in [1.29, 1.82) is 0 Å². The average molecular weight is 421 g/mol. The standard InChI is InChI=1S/C20H22F3N5S/c21-20(22,23)10-16-9-17-18(25-12-26-19(17)29-16)27-15-4-6-28(7-5-15)11-13-2-1-3-14(24)8-13/h1-3,8-9,12,15H,4-7,10-11,24H2,(H,25,26,27). The molecule has 3 aromatic rings. The van der Waals surface area contributed by atoms with Crippen LogP contribution in [0.4, 0.5) is 24.7 Å². The van der Waals surface area contributed by atoms with E-state index in [-0.39, 0.29) is 10.9 Å². The van der Waals surface area contributed by atoms with E-state index in [0.29, 0.717) is 16.0 Å². The van der Waals surface area contributed by atoms with Crippen molar-refractivity contribution in [1.82, 2.24) is 14.9 Å². The van der Waals surface area contributed by atoms with Gasteiger partial charge in [-0.25, -0.2) is 9.97 Å². The summed E-state index contributed by atoms with van der Waals surface area (Å²) in [5.74, 6) is 0.619. The number of nitrogens with one attached hydrogen (secondary N) is 1. The first-order valence-electron chi connectivity index (χ1n) is 9.49. The lowest BCUT2D eigenvalue weighted by molar-refractivity contribution is -0.126. The number of fused-ring (bicyclic) bond motifs is 1. The molecule has 5 nitrogen and oxygen atoms in total. The Kier molecular flexibility index (Phi) is 5.60. The van der Waals surface area contributed by atoms with Crippen LogP contribution in [0.15, 0.2) is 36.7 Å². The van der Waals surface area contributed by atoms with Gasteiger partial charge < -0.3 is 11.1 Å². The number of hydrogen-bond donors (Lipinski definition) is 2. The van der Waals surface area contributed by atoms with Crippen molar-refractivity contribution in [2.75, 3.05) is 24.1 Å². The van der Waals surface area contributed by atoms with E-state index >= 15 is 0 Å². The number of piperidine rings is 1. The maximum Gasteiger partial charge on any atom is 0.393 e. The van der Waals surface area contributed by atoms with Gasteiger partial charge in [0.2, 0.25) is 0 Å². The van der Waals surface area contributed by atoms with E-state index in [0.717, 1.165) is 49.5 Å². The third-order valence-electron chi connectivity index (χ3n) is 5.04. The second-order valence-electron chi connectivity index (χ2n) is 7.39. The number of benzene rings is 1. The highest BCUT2D eigenvalue weighted by molar-refractivity contribution is 7.18. The molecule has 1 aliphatic rings. The largest absolute Gasteiger partial charge is 0.399 e. The highest BCUT2D eigenvalue weighted by Gasteiger charge is 2.29. The molecule has 154 valence electrons. The second-order valence-corrected chi connectivity index (χ2v) is 8.50. The monoisotopic (exact) mass is 421 g/mol. The molecule has 3 N–H and O–H groups in total. The first-order chi connectivity index (χ1) is 13.9. The Balaban J connectivity index is 1.38. The lowest BCUT2D eigenvalue weighted by Crippen LogP contribution is -2.38. The normalized spacial score (nSPS) is 16.4. The summed E-state index contributed by atoms with van der Waals surface area (Å²) < 4.78 is 38.1. The van der Waals surface area contributed by atoms with Gasteiger partial charge in [-0.3, -0.25) is 4.90 Å². The Morgan fingerprint density at radius 2 is 1.97 bits per heavy atom. The topological polar surface area (TPSA) is 67.1 Å². The zero-order chi connectivity index (χ0) is 20.4. The van der Waals surface area contributed by atoms with Crippen molar-refractivity contribution >= 4 is 33.1 Å². The summed E-state index contributed by atoms with van der Waals surface area (Å²) in [6, 6.07) is 9.71. The summed E-state index contributed by atoms with van der Waals surface area (Å²) in [4.78, 5) is 11.6. The first-order valence-corrected chi connectivity index (χ1v) is 10.3. The van der Waals surface area contributed by atoms with Crippen LogP contribution in [-0.4, -0.2) is 40.2 Å². The van der Waals surface area contributed by atoms with Crippen LogP contribution in [0.3, 0.4) is 0 Å². The van der Waals surface area contributed by atoms with Gasteiger partial charge in [-0.2, -0.15) is 13.2 Å². The van der Waals surface area contributed by atoms with E-state index in [1.54, 1.807) is 6.07 Å². The van der Waals surface area contributed by atoms with E-state index in [2.05, 4.69) is 26.3 Å². The minimum Gasteiger partial charge on any atom is -0.399 e. The highest BCUT2D eigenvalue weighted by atomic mass is 32.1. The molecule has 29 heavy (non-hydrogen) atoms. The zero-order valence-corrected chi connectivity index (χ0v) is 16.6. The number of anilines is 2. The van der Waals surface area contributed by atoms with Crippen LogP contribution in [0.5, 0.6) is 0 Å². The molecule has 0 aliphatic carbocycles. The molecule has 0 atom stereocenters. The summed E-state index contributed by atoms with van der Waals surface area (Å²) >= 11 is 1.07. The summed E-state index contributed by atoms with van der Waals surface area (Å²) in [6.45, 7) is 2.73. The molecule has 1 aromatic carbocycles. The average Bonchev–Trinajstić information content (AvgIpc) is 3.05. The molecule has 9 heteroatoms. The number of nitrogen functional groups attached to an aromatic ring is 1. The molecule has 0 amide bonds. The van der Waals surface area contributed by atoms with Crippen molar-refractivity contribution < 1.29 is 13.2 Å². The quantitative estimate of drug-likeness (QED) is 0.596. The van der Waals surface area contributed by atoms with Gasteiger partial charge >= 0.3 is 6.18 Å². The number of rotatable bonds is 5. The van der Waals surface area contributed by atoms with Crippen molar-refractivity contribution in [2.24, 2.45) is 0 Å². The Morgan fingerprint density at radius 3 is 2.69 bits per heavy atom. The Hall–Kier alpha value is -2.39. The number of alkyl halides is 3. The van der Waals surface area contributed by atoms with Crippen LogP contribution in [0.25, 0.3) is 10.2 Å². The van der Waals surface area contributed by atoms with Crippen molar-refractivity contribution in [3.05, 3.63) is 47.1 Å². The van der Waals surface area contributed by atoms with Crippen LogP contribution < -0.4 is 11.1 Å². The van der Waals surface area contributed by atoms with Gasteiger partial charge in [0.15, 0.2) is 0 Å². The lowest BCUT2D eigenvalue weighted by atomic mass is 10.0. The number of nitrogens with zero attached hydrogens (tertiary/aromatic N) is 3. The Morgan fingerprint density at radius 1 is 1.17 bits per heavy atom. The molecule has 0 spiro atoms. The molecule has 1 aliphatic heterocycles. The fraction of sp³-hybridized carbons (Fsp3) is 0.400. The van der Waals surface area contributed by atoms with Crippen LogP contribution in [0.1, 0.15) is 23.3 Å². The maximum atomic E-state index is 12.7. The highest BCUT2D eigenvalue weighted by Crippen LogP contribution is 2.33. The van der Waals surface area contributed by atoms with Crippen molar-refractivity contribution in [3.8, 4) is 0 Å². The number of thiophene rings is 1. The lowest BCUT2D eigenvalue weighted by Gasteiger charge is -2.32. The van der Waals surface area contributed by atoms with E-state index in [9.17, 15) is 13.2 Å². The summed E-state index contributed by atoms with van der Waals surface area (Å²) in [5, 5.41) is 4.09. The van der Waals surface area contributed by atoms with Crippen LogP contribution in [0.2, 0.25) is 0 Å². The summed E-state index contributed by atoms with van der Waals surface area (Å²) in [5.41, 5.74) is 7.82. The minimum atomic E-state index is -4.22. The fourth-order valence-electron chi connectivity index (χ4n) is 3.68. The summed E-state index contributed by atoms with van der Waals surface area (Å²) in [6.07, 6.45) is -1.87. The van der Waals surface area contributed by atoms with E-state index in [1.165, 1.54) is 11.9 Å². The maximum absolute atomic E-state index is 12.7. The SMILES string of the molecule is Nc1cccc(CN2CCC(Nc3ncnc4sc(CC(F)(F)F)cc34)CC2)c1. The number of likely N-dealkylation sites (tertiary alicyclic amines) is 1. The van der Waals surface area contributed by atoms with E-state index < -0.39 is 12.6 Å². The predicted octanol–water partition coefficient (Wildman–Crippen LogP) is 4.45.